The molecule has 1 aromatic heterocycles. The number of hydrogen-bond acceptors (Lipinski definition) is 4. The Balaban J connectivity index is 1.69. The van der Waals surface area contributed by atoms with Gasteiger partial charge in [-0.3, -0.25) is 0 Å². The number of benzene rings is 2. The highest BCUT2D eigenvalue weighted by atomic mass is 19.1. The minimum Gasteiger partial charge on any atom is -0.394 e. The van der Waals surface area contributed by atoms with Gasteiger partial charge in [0, 0.05) is 16.7 Å². The lowest BCUT2D eigenvalue weighted by Gasteiger charge is -2.14. The molecule has 33 heavy (non-hydrogen) atoms. The molecule has 0 saturated carbocycles. The number of rotatable bonds is 8. The van der Waals surface area contributed by atoms with Crippen molar-refractivity contribution in [3.05, 3.63) is 77.1 Å². The van der Waals surface area contributed by atoms with E-state index in [1.54, 1.807) is 22.9 Å². The van der Waals surface area contributed by atoms with Crippen LogP contribution in [0.5, 0.6) is 0 Å². The number of nitrogens with zero attached hydrogens (tertiary/aromatic N) is 2. The zero-order chi connectivity index (χ0) is 24.0. The van der Waals surface area contributed by atoms with Crippen LogP contribution in [0.15, 0.2) is 48.5 Å². The highest BCUT2D eigenvalue weighted by Crippen LogP contribution is 2.24. The predicted molar refractivity (Wildman–Crippen MR) is 121 cm³/mol. The van der Waals surface area contributed by atoms with E-state index in [1.165, 1.54) is 24.3 Å². The minimum atomic E-state index is -0.519. The number of aromatic nitrogens is 2. The Kier molecular flexibility index (Phi) is 7.78. The lowest BCUT2D eigenvalue weighted by atomic mass is 9.92. The summed E-state index contributed by atoms with van der Waals surface area (Å²) in [6.45, 7) is 6.25. The normalized spacial score (nSPS) is 11.5. The van der Waals surface area contributed by atoms with Crippen molar-refractivity contribution < 1.29 is 23.4 Å². The number of carbonyl (C=O) groups excluding carboxylic acids is 1. The van der Waals surface area contributed by atoms with E-state index in [0.29, 0.717) is 22.6 Å². The second kappa shape index (κ2) is 10.5. The lowest BCUT2D eigenvalue weighted by molar-refractivity contribution is 0.0799. The molecule has 0 radical (unpaired) electrons. The maximum Gasteiger partial charge on any atom is 0.319 e. The van der Waals surface area contributed by atoms with Crippen LogP contribution < -0.4 is 10.6 Å². The highest BCUT2D eigenvalue weighted by molar-refractivity contribution is 5.89. The third-order valence-corrected chi connectivity index (χ3v) is 4.86. The molecule has 9 heteroatoms. The van der Waals surface area contributed by atoms with E-state index >= 15 is 0 Å². The quantitative estimate of drug-likeness (QED) is 0.440. The van der Waals surface area contributed by atoms with Crippen LogP contribution >= 0.6 is 0 Å². The van der Waals surface area contributed by atoms with E-state index in [0.717, 1.165) is 5.69 Å². The predicted octanol–water partition coefficient (Wildman–Crippen LogP) is 4.28. The molecular weight excluding hydrogens is 430 g/mol. The number of amides is 2. The summed E-state index contributed by atoms with van der Waals surface area (Å²) in [5.41, 5.74) is 2.60. The second-order valence-corrected chi connectivity index (χ2v) is 8.55. The molecule has 0 fully saturated rings. The molecule has 7 nitrogen and oxygen atoms in total. The number of nitrogens with one attached hydrogen (secondary N) is 2. The monoisotopic (exact) mass is 458 g/mol. The molecule has 0 bridgehead atoms. The summed E-state index contributed by atoms with van der Waals surface area (Å²) in [6.07, 6.45) is 0. The molecule has 3 N–H and O–H groups in total. The average Bonchev–Trinajstić information content (AvgIpc) is 3.19. The number of aliphatic hydroxyl groups is 1. The maximum absolute atomic E-state index is 14.2. The van der Waals surface area contributed by atoms with E-state index in [1.807, 2.05) is 26.8 Å². The molecule has 2 aromatic carbocycles. The Bertz CT molecular complexity index is 1090. The number of anilines is 1. The van der Waals surface area contributed by atoms with Gasteiger partial charge in [-0.2, -0.15) is 5.10 Å². The first-order chi connectivity index (χ1) is 15.7. The molecule has 1 heterocycles. The van der Waals surface area contributed by atoms with Crippen LogP contribution in [0.3, 0.4) is 0 Å². The smallest absolute Gasteiger partial charge is 0.319 e. The van der Waals surface area contributed by atoms with Gasteiger partial charge in [0.1, 0.15) is 11.6 Å². The lowest BCUT2D eigenvalue weighted by Crippen LogP contribution is -2.29. The van der Waals surface area contributed by atoms with E-state index in [4.69, 9.17) is 9.84 Å². The van der Waals surface area contributed by atoms with Crippen molar-refractivity contribution in [3.8, 4) is 5.69 Å². The van der Waals surface area contributed by atoms with Crippen LogP contribution in [-0.4, -0.2) is 34.1 Å². The van der Waals surface area contributed by atoms with Gasteiger partial charge in [0.25, 0.3) is 0 Å². The van der Waals surface area contributed by atoms with E-state index in [-0.39, 0.29) is 37.6 Å². The summed E-state index contributed by atoms with van der Waals surface area (Å²) in [5, 5.41) is 18.7. The number of ether oxygens (including phenoxy) is 1. The molecule has 0 aliphatic rings. The molecule has 0 saturated heterocycles. The second-order valence-electron chi connectivity index (χ2n) is 8.55. The fourth-order valence-electron chi connectivity index (χ4n) is 3.05. The first-order valence-corrected chi connectivity index (χ1v) is 10.5. The van der Waals surface area contributed by atoms with Crippen molar-refractivity contribution >= 4 is 11.7 Å². The Labute approximate surface area is 191 Å². The highest BCUT2D eigenvalue weighted by Gasteiger charge is 2.21. The molecule has 0 aliphatic heterocycles. The van der Waals surface area contributed by atoms with Crippen LogP contribution in [0.25, 0.3) is 5.69 Å². The number of urea groups is 1. The van der Waals surface area contributed by atoms with Crippen LogP contribution in [0.4, 0.5) is 19.3 Å². The van der Waals surface area contributed by atoms with Gasteiger partial charge in [-0.05, 0) is 42.5 Å². The van der Waals surface area contributed by atoms with E-state index < -0.39 is 11.8 Å². The first kappa shape index (κ1) is 24.3. The molecular formula is C24H28F2N4O3. The Morgan fingerprint density at radius 1 is 1.12 bits per heavy atom. The van der Waals surface area contributed by atoms with Crippen LogP contribution in [0.1, 0.15) is 37.7 Å². The van der Waals surface area contributed by atoms with Crippen molar-refractivity contribution in [2.45, 2.75) is 39.3 Å². The first-order valence-electron chi connectivity index (χ1n) is 10.5. The average molecular weight is 459 g/mol. The van der Waals surface area contributed by atoms with Crippen LogP contribution in [0, 0.1) is 11.6 Å². The Morgan fingerprint density at radius 2 is 1.85 bits per heavy atom. The minimum absolute atomic E-state index is 0.0301. The van der Waals surface area contributed by atoms with Crippen molar-refractivity contribution in [3.63, 3.8) is 0 Å². The fraction of sp³-hybridized carbons (Fsp3) is 0.333. The third kappa shape index (κ3) is 6.59. The summed E-state index contributed by atoms with van der Waals surface area (Å²) in [6, 6.07) is 11.6. The van der Waals surface area contributed by atoms with Gasteiger partial charge in [0.15, 0.2) is 0 Å². The number of halogens is 2. The van der Waals surface area contributed by atoms with Gasteiger partial charge in [-0.1, -0.05) is 26.8 Å². The number of hydrogen-bond donors (Lipinski definition) is 3. The molecule has 2 amide bonds. The molecule has 0 unspecified atom stereocenters. The van der Waals surface area contributed by atoms with E-state index in [9.17, 15) is 13.6 Å². The largest absolute Gasteiger partial charge is 0.394 e. The standard InChI is InChI=1S/C24H28F2N4O3/c1-24(2,3)22-13-20(30(29-22)19-8-5-17(25)6-9-19)14-27-23(32)28-18-7-4-16(21(26)12-18)15-33-11-10-31/h4-9,12-13,31H,10-11,14-15H2,1-3H3,(H2,27,28,32). The van der Waals surface area contributed by atoms with Crippen LogP contribution in [0.2, 0.25) is 0 Å². The fourth-order valence-corrected chi connectivity index (χ4v) is 3.05. The molecule has 0 aliphatic carbocycles. The number of aliphatic hydroxyl groups excluding tert-OH is 1. The van der Waals surface area contributed by atoms with Crippen molar-refractivity contribution in [1.29, 1.82) is 0 Å². The van der Waals surface area contributed by atoms with Crippen molar-refractivity contribution in [1.82, 2.24) is 15.1 Å². The summed E-state index contributed by atoms with van der Waals surface area (Å²) < 4.78 is 34.3. The Hall–Kier alpha value is -3.30. The van der Waals surface area contributed by atoms with Crippen LogP contribution in [-0.2, 0) is 23.3 Å². The zero-order valence-electron chi connectivity index (χ0n) is 18.9. The van der Waals surface area contributed by atoms with Gasteiger partial charge in [0.05, 0.1) is 43.4 Å². The molecule has 0 spiro atoms. The van der Waals surface area contributed by atoms with Gasteiger partial charge in [-0.25, -0.2) is 18.3 Å². The molecule has 176 valence electrons. The van der Waals surface area contributed by atoms with Gasteiger partial charge >= 0.3 is 6.03 Å². The summed E-state index contributed by atoms with van der Waals surface area (Å²) in [4.78, 5) is 12.4. The van der Waals surface area contributed by atoms with Crippen molar-refractivity contribution in [2.75, 3.05) is 18.5 Å². The topological polar surface area (TPSA) is 88.4 Å². The van der Waals surface area contributed by atoms with Gasteiger partial charge in [-0.15, -0.1) is 0 Å². The van der Waals surface area contributed by atoms with E-state index in [2.05, 4.69) is 15.7 Å². The Morgan fingerprint density at radius 3 is 2.48 bits per heavy atom. The zero-order valence-corrected chi connectivity index (χ0v) is 18.9. The molecule has 3 rings (SSSR count). The summed E-state index contributed by atoms with van der Waals surface area (Å²) in [7, 11) is 0. The van der Waals surface area contributed by atoms with Gasteiger partial charge < -0.3 is 20.5 Å². The molecule has 0 atom stereocenters. The maximum atomic E-state index is 14.2. The van der Waals surface area contributed by atoms with Crippen molar-refractivity contribution in [2.24, 2.45) is 0 Å². The molecule has 3 aromatic rings. The SMILES string of the molecule is CC(C)(C)c1cc(CNC(=O)Nc2ccc(COCCO)c(F)c2)n(-c2ccc(F)cc2)n1. The summed E-state index contributed by atoms with van der Waals surface area (Å²) in [5.74, 6) is -0.867. The van der Waals surface area contributed by atoms with Gasteiger partial charge in [0.2, 0.25) is 0 Å². The summed E-state index contributed by atoms with van der Waals surface area (Å²) >= 11 is 0. The number of carbonyl (C=O) groups is 1. The third-order valence-electron chi connectivity index (χ3n) is 4.86.